The van der Waals surface area contributed by atoms with Gasteiger partial charge in [-0.3, -0.25) is 9.59 Å². The third-order valence-electron chi connectivity index (χ3n) is 10.5. The summed E-state index contributed by atoms with van der Waals surface area (Å²) < 4.78 is 27.2. The number of aliphatic carboxylic acids is 1. The highest BCUT2D eigenvalue weighted by molar-refractivity contribution is 5.90. The van der Waals surface area contributed by atoms with Crippen LogP contribution in [0.25, 0.3) is 22.3 Å². The van der Waals surface area contributed by atoms with Gasteiger partial charge in [0.25, 0.3) is 6.29 Å². The minimum atomic E-state index is -1.70. The van der Waals surface area contributed by atoms with Gasteiger partial charge in [0.1, 0.15) is 31.7 Å². The van der Waals surface area contributed by atoms with Gasteiger partial charge in [0.15, 0.2) is 0 Å². The average molecular weight is 821 g/mol. The number of carbonyl (C=O) groups excluding carboxylic acids is 5. The van der Waals surface area contributed by atoms with Crippen molar-refractivity contribution in [2.24, 2.45) is 11.8 Å². The number of carboxylic acids is 1. The standard InChI is InChI=1S/C46H48N2O12/c1-26(2)41(47-45(54)57-24-36-32-17-9-5-13-28(32)29-14-6-10-18-33(29)36)43(52)56-22-21-40(59-39(51)23-38(49)50)60-44(53)42(27(3)4)48-46(55)58-25-37-34-19-11-7-15-30(34)31-16-8-12-20-35(31)37/h5-20,26-27,36-37,40-42H,21-25H2,1-4H3,(H,47,54)(H,48,55)(H,49,50)/t40?,41-,42-/m0/s1. The second-order valence-electron chi connectivity index (χ2n) is 15.3. The summed E-state index contributed by atoms with van der Waals surface area (Å²) in [5.74, 6) is -5.91. The Morgan fingerprint density at radius 1 is 0.550 bits per heavy atom. The molecule has 2 aliphatic rings. The topological polar surface area (TPSA) is 193 Å². The molecule has 14 heteroatoms. The molecule has 6 rings (SSSR count). The van der Waals surface area contributed by atoms with Crippen LogP contribution in [0, 0.1) is 11.8 Å². The maximum absolute atomic E-state index is 13.5. The molecule has 0 saturated carbocycles. The van der Waals surface area contributed by atoms with E-state index in [4.69, 9.17) is 28.8 Å². The van der Waals surface area contributed by atoms with Crippen molar-refractivity contribution in [3.63, 3.8) is 0 Å². The van der Waals surface area contributed by atoms with Crippen LogP contribution < -0.4 is 10.6 Å². The first-order valence-electron chi connectivity index (χ1n) is 19.8. The zero-order valence-electron chi connectivity index (χ0n) is 33.8. The molecule has 0 saturated heterocycles. The highest BCUT2D eigenvalue weighted by atomic mass is 16.7. The number of esters is 3. The molecule has 4 aromatic rings. The Morgan fingerprint density at radius 2 is 0.933 bits per heavy atom. The Labute approximate surface area is 347 Å². The second-order valence-corrected chi connectivity index (χ2v) is 15.3. The maximum Gasteiger partial charge on any atom is 0.407 e. The number of rotatable bonds is 17. The monoisotopic (exact) mass is 820 g/mol. The number of ether oxygens (including phenoxy) is 5. The number of alkyl carbamates (subject to hydrolysis) is 2. The van der Waals surface area contributed by atoms with Gasteiger partial charge < -0.3 is 39.4 Å². The van der Waals surface area contributed by atoms with E-state index >= 15 is 0 Å². The summed E-state index contributed by atoms with van der Waals surface area (Å²) in [4.78, 5) is 76.4. The van der Waals surface area contributed by atoms with E-state index in [0.717, 1.165) is 44.5 Å². The number of hydrogen-bond acceptors (Lipinski definition) is 11. The largest absolute Gasteiger partial charge is 0.481 e. The van der Waals surface area contributed by atoms with Crippen molar-refractivity contribution >= 4 is 36.1 Å². The van der Waals surface area contributed by atoms with Gasteiger partial charge in [0, 0.05) is 11.8 Å². The fraction of sp³-hybridized carbons (Fsp3) is 0.348. The highest BCUT2D eigenvalue weighted by Gasteiger charge is 2.34. The predicted molar refractivity (Wildman–Crippen MR) is 217 cm³/mol. The van der Waals surface area contributed by atoms with E-state index in [1.807, 2.05) is 97.1 Å². The summed E-state index contributed by atoms with van der Waals surface area (Å²) in [7, 11) is 0. The van der Waals surface area contributed by atoms with Crippen LogP contribution >= 0.6 is 0 Å². The fourth-order valence-corrected chi connectivity index (χ4v) is 7.53. The van der Waals surface area contributed by atoms with Gasteiger partial charge in [-0.2, -0.15) is 0 Å². The van der Waals surface area contributed by atoms with Crippen molar-refractivity contribution in [2.45, 2.75) is 70.7 Å². The van der Waals surface area contributed by atoms with Crippen molar-refractivity contribution in [1.29, 1.82) is 0 Å². The SMILES string of the molecule is CC(C)[C@H](NC(=O)OCC1c2ccccc2-c2ccccc21)C(=O)OCCC(OC(=O)CC(=O)O)OC(=O)[C@@H](NC(=O)OCC1c2ccccc2-c2ccccc21)C(C)C. The molecule has 0 aromatic heterocycles. The zero-order valence-corrected chi connectivity index (χ0v) is 33.8. The van der Waals surface area contributed by atoms with Gasteiger partial charge in [0.2, 0.25) is 0 Å². The molecule has 4 aromatic carbocycles. The molecule has 0 aliphatic heterocycles. The van der Waals surface area contributed by atoms with Crippen molar-refractivity contribution < 1.29 is 57.6 Å². The minimum absolute atomic E-state index is 0.00591. The quantitative estimate of drug-likeness (QED) is 0.0431. The van der Waals surface area contributed by atoms with Gasteiger partial charge in [-0.15, -0.1) is 0 Å². The molecule has 0 fully saturated rings. The molecular weight excluding hydrogens is 773 g/mol. The van der Waals surface area contributed by atoms with Crippen LogP contribution in [0.2, 0.25) is 0 Å². The van der Waals surface area contributed by atoms with Crippen molar-refractivity contribution in [2.75, 3.05) is 19.8 Å². The lowest BCUT2D eigenvalue weighted by Crippen LogP contribution is -2.47. The van der Waals surface area contributed by atoms with Gasteiger partial charge in [-0.25, -0.2) is 19.2 Å². The van der Waals surface area contributed by atoms with Gasteiger partial charge >= 0.3 is 36.1 Å². The van der Waals surface area contributed by atoms with Gasteiger partial charge in [-0.1, -0.05) is 125 Å². The van der Waals surface area contributed by atoms with E-state index in [2.05, 4.69) is 10.6 Å². The van der Waals surface area contributed by atoms with Gasteiger partial charge in [-0.05, 0) is 56.3 Å². The number of benzene rings is 4. The summed E-state index contributed by atoms with van der Waals surface area (Å²) in [6.45, 7) is 6.26. The normalized spacial score (nSPS) is 14.1. The molecule has 0 heterocycles. The van der Waals surface area contributed by atoms with Crippen LogP contribution in [0.4, 0.5) is 9.59 Å². The van der Waals surface area contributed by atoms with Crippen molar-refractivity contribution in [3.05, 3.63) is 119 Å². The molecule has 0 spiro atoms. The molecule has 314 valence electrons. The molecule has 2 aliphatic carbocycles. The Morgan fingerprint density at radius 3 is 1.32 bits per heavy atom. The van der Waals surface area contributed by atoms with E-state index in [9.17, 15) is 28.8 Å². The van der Waals surface area contributed by atoms with Crippen LogP contribution in [0.3, 0.4) is 0 Å². The minimum Gasteiger partial charge on any atom is -0.481 e. The molecule has 0 bridgehead atoms. The molecule has 3 N–H and O–H groups in total. The average Bonchev–Trinajstić information content (AvgIpc) is 3.71. The predicted octanol–water partition coefficient (Wildman–Crippen LogP) is 6.93. The van der Waals surface area contributed by atoms with Crippen LogP contribution in [0.5, 0.6) is 0 Å². The summed E-state index contributed by atoms with van der Waals surface area (Å²) in [6, 6.07) is 29.0. The first kappa shape index (κ1) is 42.9. The van der Waals surface area contributed by atoms with E-state index in [-0.39, 0.29) is 25.0 Å². The van der Waals surface area contributed by atoms with Crippen molar-refractivity contribution in [1.82, 2.24) is 10.6 Å². The Bertz CT molecular complexity index is 2140. The van der Waals surface area contributed by atoms with Crippen LogP contribution in [-0.4, -0.2) is 79.4 Å². The molecule has 60 heavy (non-hydrogen) atoms. The first-order chi connectivity index (χ1) is 28.8. The van der Waals surface area contributed by atoms with E-state index in [1.54, 1.807) is 27.7 Å². The Kier molecular flexibility index (Phi) is 13.8. The molecule has 3 atom stereocenters. The number of nitrogens with one attached hydrogen (secondary N) is 2. The summed E-state index contributed by atoms with van der Waals surface area (Å²) in [6.07, 6.45) is -4.84. The third kappa shape index (κ3) is 10.1. The Balaban J connectivity index is 1.03. The van der Waals surface area contributed by atoms with Crippen LogP contribution in [0.1, 0.15) is 74.6 Å². The summed E-state index contributed by atoms with van der Waals surface area (Å²) in [5.41, 5.74) is 8.29. The molecule has 14 nitrogen and oxygen atoms in total. The van der Waals surface area contributed by atoms with Gasteiger partial charge in [0.05, 0.1) is 13.0 Å². The Hall–Kier alpha value is -6.70. The van der Waals surface area contributed by atoms with E-state index in [1.165, 1.54) is 0 Å². The third-order valence-corrected chi connectivity index (χ3v) is 10.5. The molecule has 2 amide bonds. The molecule has 1 unspecified atom stereocenters. The zero-order chi connectivity index (χ0) is 42.9. The lowest BCUT2D eigenvalue weighted by molar-refractivity contribution is -0.193. The van der Waals surface area contributed by atoms with Crippen LogP contribution in [-0.2, 0) is 42.9 Å². The molecular formula is C46H48N2O12. The number of carboxylic acid groups (broad SMARTS) is 1. The van der Waals surface area contributed by atoms with E-state index in [0.29, 0.717) is 0 Å². The molecule has 0 radical (unpaired) electrons. The fourth-order valence-electron chi connectivity index (χ4n) is 7.53. The number of amides is 2. The van der Waals surface area contributed by atoms with Crippen LogP contribution in [0.15, 0.2) is 97.1 Å². The smallest absolute Gasteiger partial charge is 0.407 e. The lowest BCUT2D eigenvalue weighted by Gasteiger charge is -2.25. The highest BCUT2D eigenvalue weighted by Crippen LogP contribution is 2.45. The maximum atomic E-state index is 13.5. The summed E-state index contributed by atoms with van der Waals surface area (Å²) in [5, 5.41) is 14.2. The van der Waals surface area contributed by atoms with E-state index < -0.39 is 85.7 Å². The number of carbonyl (C=O) groups is 6. The lowest BCUT2D eigenvalue weighted by atomic mass is 9.98. The number of hydrogen-bond donors (Lipinski definition) is 3. The summed E-state index contributed by atoms with van der Waals surface area (Å²) >= 11 is 0. The van der Waals surface area contributed by atoms with Crippen molar-refractivity contribution in [3.8, 4) is 22.3 Å². The number of fused-ring (bicyclic) bond motifs is 6. The first-order valence-corrected chi connectivity index (χ1v) is 19.8. The second kappa shape index (κ2) is 19.4.